The zero-order valence-electron chi connectivity index (χ0n) is 12.1. The van der Waals surface area contributed by atoms with Crippen LogP contribution in [0, 0.1) is 13.8 Å². The summed E-state index contributed by atoms with van der Waals surface area (Å²) >= 11 is 14.0. The molecule has 2 aromatic rings. The lowest BCUT2D eigenvalue weighted by Crippen LogP contribution is -2.50. The van der Waals surface area contributed by atoms with E-state index in [2.05, 4.69) is 17.2 Å². The number of amides is 1. The number of pyridine rings is 1. The first-order chi connectivity index (χ1) is 9.82. The summed E-state index contributed by atoms with van der Waals surface area (Å²) < 4.78 is 0. The fourth-order valence-corrected chi connectivity index (χ4v) is 4.39. The summed E-state index contributed by atoms with van der Waals surface area (Å²) in [5.41, 5.74) is 1.55. The first-order valence-electron chi connectivity index (χ1n) is 6.89. The molecule has 1 amide bonds. The SMILES string of the molecule is Cc1nc2sc(C(=O)NC3(C)CCC3)c(Cl)c2c(C)c1Cl. The van der Waals surface area contributed by atoms with Crippen LogP contribution in [0.4, 0.5) is 0 Å². The number of thiophene rings is 1. The average molecular weight is 343 g/mol. The summed E-state index contributed by atoms with van der Waals surface area (Å²) in [7, 11) is 0. The Morgan fingerprint density at radius 2 is 1.95 bits per heavy atom. The molecule has 3 nitrogen and oxygen atoms in total. The highest BCUT2D eigenvalue weighted by atomic mass is 35.5. The van der Waals surface area contributed by atoms with E-state index in [-0.39, 0.29) is 11.4 Å². The van der Waals surface area contributed by atoms with Crippen molar-refractivity contribution in [3.63, 3.8) is 0 Å². The summed E-state index contributed by atoms with van der Waals surface area (Å²) in [6, 6.07) is 0. The van der Waals surface area contributed by atoms with E-state index in [1.165, 1.54) is 11.3 Å². The van der Waals surface area contributed by atoms with Crippen molar-refractivity contribution in [1.82, 2.24) is 10.3 Å². The maximum absolute atomic E-state index is 12.5. The Kier molecular flexibility index (Phi) is 3.67. The van der Waals surface area contributed by atoms with Crippen molar-refractivity contribution in [2.24, 2.45) is 0 Å². The van der Waals surface area contributed by atoms with E-state index in [4.69, 9.17) is 23.2 Å². The van der Waals surface area contributed by atoms with Crippen LogP contribution in [0.15, 0.2) is 0 Å². The predicted molar refractivity (Wildman–Crippen MR) is 88.8 cm³/mol. The van der Waals surface area contributed by atoms with Gasteiger partial charge in [0.25, 0.3) is 5.91 Å². The fraction of sp³-hybridized carbons (Fsp3) is 0.467. The normalized spacial score (nSPS) is 16.8. The minimum atomic E-state index is -0.113. The molecule has 3 rings (SSSR count). The first-order valence-corrected chi connectivity index (χ1v) is 8.47. The van der Waals surface area contributed by atoms with Crippen LogP contribution < -0.4 is 5.32 Å². The zero-order chi connectivity index (χ0) is 15.4. The monoisotopic (exact) mass is 342 g/mol. The molecule has 2 aromatic heterocycles. The van der Waals surface area contributed by atoms with Gasteiger partial charge < -0.3 is 5.32 Å². The van der Waals surface area contributed by atoms with Crippen LogP contribution in [0.2, 0.25) is 10.0 Å². The van der Waals surface area contributed by atoms with Crippen LogP contribution in [-0.2, 0) is 0 Å². The maximum Gasteiger partial charge on any atom is 0.263 e. The molecule has 112 valence electrons. The second kappa shape index (κ2) is 5.11. The Balaban J connectivity index is 2.05. The van der Waals surface area contributed by atoms with Crippen molar-refractivity contribution in [1.29, 1.82) is 0 Å². The highest BCUT2D eigenvalue weighted by molar-refractivity contribution is 7.21. The van der Waals surface area contributed by atoms with Gasteiger partial charge in [0.1, 0.15) is 9.71 Å². The van der Waals surface area contributed by atoms with Crippen molar-refractivity contribution in [3.8, 4) is 0 Å². The van der Waals surface area contributed by atoms with Gasteiger partial charge in [-0.05, 0) is 45.6 Å². The molecular weight excluding hydrogens is 327 g/mol. The number of nitrogens with one attached hydrogen (secondary N) is 1. The van der Waals surface area contributed by atoms with Gasteiger partial charge in [-0.15, -0.1) is 11.3 Å². The molecule has 0 aliphatic heterocycles. The summed E-state index contributed by atoms with van der Waals surface area (Å²) in [6.45, 7) is 5.84. The third kappa shape index (κ3) is 2.43. The fourth-order valence-electron chi connectivity index (χ4n) is 2.70. The summed E-state index contributed by atoms with van der Waals surface area (Å²) in [5, 5.41) is 4.95. The minimum Gasteiger partial charge on any atom is -0.346 e. The van der Waals surface area contributed by atoms with Gasteiger partial charge in [0.15, 0.2) is 0 Å². The summed E-state index contributed by atoms with van der Waals surface area (Å²) in [6.07, 6.45) is 3.19. The number of hydrogen-bond acceptors (Lipinski definition) is 3. The smallest absolute Gasteiger partial charge is 0.263 e. The molecule has 0 unspecified atom stereocenters. The van der Waals surface area contributed by atoms with E-state index in [0.29, 0.717) is 14.9 Å². The highest BCUT2D eigenvalue weighted by Crippen LogP contribution is 2.40. The van der Waals surface area contributed by atoms with Crippen LogP contribution in [0.1, 0.15) is 47.1 Å². The lowest BCUT2D eigenvalue weighted by molar-refractivity contribution is 0.0855. The van der Waals surface area contributed by atoms with Gasteiger partial charge in [0, 0.05) is 10.9 Å². The van der Waals surface area contributed by atoms with Gasteiger partial charge in [-0.2, -0.15) is 0 Å². The number of fused-ring (bicyclic) bond motifs is 1. The maximum atomic E-state index is 12.5. The van der Waals surface area contributed by atoms with E-state index < -0.39 is 0 Å². The number of halogens is 2. The summed E-state index contributed by atoms with van der Waals surface area (Å²) in [5.74, 6) is -0.113. The van der Waals surface area contributed by atoms with Crippen molar-refractivity contribution < 1.29 is 4.79 Å². The minimum absolute atomic E-state index is 0.0907. The molecule has 1 aliphatic rings. The number of carbonyl (C=O) groups is 1. The Bertz CT molecular complexity index is 750. The van der Waals surface area contributed by atoms with Crippen molar-refractivity contribution in [2.45, 2.75) is 45.6 Å². The summed E-state index contributed by atoms with van der Waals surface area (Å²) in [4.78, 5) is 18.2. The van der Waals surface area contributed by atoms with Gasteiger partial charge in [-0.25, -0.2) is 4.98 Å². The van der Waals surface area contributed by atoms with E-state index >= 15 is 0 Å². The number of aromatic nitrogens is 1. The van der Waals surface area contributed by atoms with Crippen molar-refractivity contribution in [2.75, 3.05) is 0 Å². The molecule has 1 saturated carbocycles. The zero-order valence-corrected chi connectivity index (χ0v) is 14.5. The molecule has 6 heteroatoms. The largest absolute Gasteiger partial charge is 0.346 e. The Morgan fingerprint density at radius 3 is 2.52 bits per heavy atom. The first kappa shape index (κ1) is 15.1. The third-order valence-corrected chi connectivity index (χ3v) is 6.33. The Hall–Kier alpha value is -0.840. The van der Waals surface area contributed by atoms with Crippen LogP contribution in [0.25, 0.3) is 10.2 Å². The lowest BCUT2D eigenvalue weighted by Gasteiger charge is -2.39. The predicted octanol–water partition coefficient (Wildman–Crippen LogP) is 4.89. The number of carbonyl (C=O) groups excluding carboxylic acids is 1. The highest BCUT2D eigenvalue weighted by Gasteiger charge is 2.34. The molecule has 21 heavy (non-hydrogen) atoms. The molecule has 0 radical (unpaired) electrons. The van der Waals surface area contributed by atoms with E-state index in [1.54, 1.807) is 0 Å². The Morgan fingerprint density at radius 1 is 1.29 bits per heavy atom. The van der Waals surface area contributed by atoms with Crippen LogP contribution in [-0.4, -0.2) is 16.4 Å². The molecule has 0 aromatic carbocycles. The van der Waals surface area contributed by atoms with E-state index in [9.17, 15) is 4.79 Å². The van der Waals surface area contributed by atoms with E-state index in [0.717, 1.165) is 40.7 Å². The van der Waals surface area contributed by atoms with Crippen LogP contribution >= 0.6 is 34.5 Å². The van der Waals surface area contributed by atoms with Gasteiger partial charge in [0.05, 0.1) is 15.7 Å². The number of aryl methyl sites for hydroxylation is 2. The van der Waals surface area contributed by atoms with Gasteiger partial charge >= 0.3 is 0 Å². The van der Waals surface area contributed by atoms with Crippen molar-refractivity contribution in [3.05, 3.63) is 26.2 Å². The molecule has 1 fully saturated rings. The van der Waals surface area contributed by atoms with E-state index in [1.807, 2.05) is 13.8 Å². The third-order valence-electron chi connectivity index (χ3n) is 4.20. The van der Waals surface area contributed by atoms with Gasteiger partial charge in [-0.3, -0.25) is 4.79 Å². The number of rotatable bonds is 2. The van der Waals surface area contributed by atoms with Crippen LogP contribution in [0.5, 0.6) is 0 Å². The second-order valence-electron chi connectivity index (χ2n) is 5.93. The van der Waals surface area contributed by atoms with Crippen LogP contribution in [0.3, 0.4) is 0 Å². The lowest BCUT2D eigenvalue weighted by atomic mass is 9.78. The van der Waals surface area contributed by atoms with Gasteiger partial charge in [-0.1, -0.05) is 23.2 Å². The van der Waals surface area contributed by atoms with Crippen molar-refractivity contribution >= 4 is 50.7 Å². The molecule has 0 spiro atoms. The molecule has 1 N–H and O–H groups in total. The second-order valence-corrected chi connectivity index (χ2v) is 7.68. The average Bonchev–Trinajstić information content (AvgIpc) is 2.71. The quantitative estimate of drug-likeness (QED) is 0.843. The molecule has 0 saturated heterocycles. The van der Waals surface area contributed by atoms with Gasteiger partial charge in [0.2, 0.25) is 0 Å². The number of nitrogens with zero attached hydrogens (tertiary/aromatic N) is 1. The molecule has 0 bridgehead atoms. The standard InChI is InChI=1S/C15H16Cl2N2OS/c1-7-9-11(17)12(13(20)19-15(3)5-4-6-15)21-14(9)18-8(2)10(7)16/h4-6H2,1-3H3,(H,19,20). The molecular formula is C15H16Cl2N2OS. The molecule has 0 atom stereocenters. The molecule has 1 aliphatic carbocycles. The number of hydrogen-bond donors (Lipinski definition) is 1. The molecule has 2 heterocycles. The Labute approximate surface area is 137 Å². The topological polar surface area (TPSA) is 42.0 Å².